The summed E-state index contributed by atoms with van der Waals surface area (Å²) < 4.78 is 27.6. The maximum absolute atomic E-state index is 13.9. The van der Waals surface area contributed by atoms with Crippen molar-refractivity contribution in [1.29, 1.82) is 0 Å². The molecular formula is C31H37NO7. The molecule has 2 unspecified atom stereocenters. The average molecular weight is 536 g/mol. The van der Waals surface area contributed by atoms with Crippen LogP contribution < -0.4 is 24.3 Å². The number of methoxy groups -OCH3 is 4. The van der Waals surface area contributed by atoms with E-state index in [2.05, 4.69) is 5.32 Å². The van der Waals surface area contributed by atoms with Crippen LogP contribution in [0.15, 0.2) is 58.9 Å². The fourth-order valence-electron chi connectivity index (χ4n) is 5.41. The minimum Gasteiger partial charge on any atom is -0.497 e. The number of esters is 1. The number of carbonyl (C=O) groups excluding carboxylic acids is 2. The number of nitrogens with one attached hydrogen (secondary N) is 1. The molecule has 2 atom stereocenters. The zero-order chi connectivity index (χ0) is 28.1. The molecule has 4 rings (SSSR count). The Balaban J connectivity index is 1.79. The third-order valence-electron chi connectivity index (χ3n) is 7.41. The molecule has 1 aliphatic heterocycles. The van der Waals surface area contributed by atoms with Crippen molar-refractivity contribution in [3.05, 3.63) is 70.1 Å². The SMILES string of the molecule is CCCCOC(=O)C1=C(C)NC2=C(C(=O)CC(c3ccc(OC)c(OC)c3)C2)C1c1ccc(OC)cc1OC. The molecule has 0 saturated carbocycles. The average Bonchev–Trinajstić information content (AvgIpc) is 2.95. The van der Waals surface area contributed by atoms with Crippen molar-refractivity contribution in [3.63, 3.8) is 0 Å². The Hall–Kier alpha value is -3.94. The number of rotatable bonds is 10. The van der Waals surface area contributed by atoms with E-state index < -0.39 is 11.9 Å². The predicted octanol–water partition coefficient (Wildman–Crippen LogP) is 5.43. The number of unbranched alkanes of at least 4 members (excludes halogenated alkanes) is 1. The number of ketones is 1. The van der Waals surface area contributed by atoms with Gasteiger partial charge in [0.1, 0.15) is 11.5 Å². The molecular weight excluding hydrogens is 498 g/mol. The second kappa shape index (κ2) is 12.3. The highest BCUT2D eigenvalue weighted by atomic mass is 16.5. The molecule has 8 nitrogen and oxygen atoms in total. The van der Waals surface area contributed by atoms with E-state index in [1.807, 2.05) is 44.2 Å². The van der Waals surface area contributed by atoms with Crippen LogP contribution >= 0.6 is 0 Å². The molecule has 0 aromatic heterocycles. The van der Waals surface area contributed by atoms with Crippen LogP contribution in [-0.2, 0) is 14.3 Å². The second-order valence-corrected chi connectivity index (χ2v) is 9.73. The Morgan fingerprint density at radius 3 is 2.33 bits per heavy atom. The van der Waals surface area contributed by atoms with Crippen molar-refractivity contribution in [2.75, 3.05) is 35.0 Å². The summed E-state index contributed by atoms with van der Waals surface area (Å²) in [5.74, 6) is 1.26. The molecule has 1 N–H and O–H groups in total. The van der Waals surface area contributed by atoms with Gasteiger partial charge in [-0.05, 0) is 49.4 Å². The number of ether oxygens (including phenoxy) is 5. The van der Waals surface area contributed by atoms with E-state index in [1.165, 1.54) is 0 Å². The van der Waals surface area contributed by atoms with E-state index in [1.54, 1.807) is 34.5 Å². The lowest BCUT2D eigenvalue weighted by Gasteiger charge is -2.37. The Bertz CT molecular complexity index is 1310. The standard InChI is InChI=1S/C31H37NO7/c1-7-8-13-39-31(34)28-18(2)32-23-14-20(19-9-12-25(36-4)27(16-19)38-6)15-24(33)30(23)29(28)22-11-10-21(35-3)17-26(22)37-5/h9-12,16-17,20,29,32H,7-8,13-15H2,1-6H3. The highest BCUT2D eigenvalue weighted by Gasteiger charge is 2.42. The first-order valence-corrected chi connectivity index (χ1v) is 13.2. The third kappa shape index (κ3) is 5.60. The lowest BCUT2D eigenvalue weighted by molar-refractivity contribution is -0.139. The molecule has 0 spiro atoms. The van der Waals surface area contributed by atoms with E-state index >= 15 is 0 Å². The van der Waals surface area contributed by atoms with Gasteiger partial charge in [-0.3, -0.25) is 4.79 Å². The van der Waals surface area contributed by atoms with Crippen LogP contribution in [0.1, 0.15) is 62.5 Å². The van der Waals surface area contributed by atoms with E-state index in [-0.39, 0.29) is 11.7 Å². The minimum atomic E-state index is -0.630. The number of hydrogen-bond acceptors (Lipinski definition) is 8. The zero-order valence-electron chi connectivity index (χ0n) is 23.5. The summed E-state index contributed by atoms with van der Waals surface area (Å²) in [7, 11) is 6.34. The lowest BCUT2D eigenvalue weighted by atomic mass is 9.71. The van der Waals surface area contributed by atoms with Gasteiger partial charge in [0.05, 0.1) is 46.5 Å². The molecule has 39 heavy (non-hydrogen) atoms. The van der Waals surface area contributed by atoms with Crippen LogP contribution in [0.5, 0.6) is 23.0 Å². The van der Waals surface area contributed by atoms with Gasteiger partial charge in [-0.25, -0.2) is 4.79 Å². The van der Waals surface area contributed by atoms with Gasteiger partial charge in [0.25, 0.3) is 0 Å². The van der Waals surface area contributed by atoms with Crippen molar-refractivity contribution in [1.82, 2.24) is 5.32 Å². The first kappa shape index (κ1) is 28.1. The summed E-state index contributed by atoms with van der Waals surface area (Å²) in [4.78, 5) is 27.4. The fraction of sp³-hybridized carbons (Fsp3) is 0.419. The molecule has 0 amide bonds. The zero-order valence-corrected chi connectivity index (χ0v) is 23.5. The van der Waals surface area contributed by atoms with Crippen molar-refractivity contribution in [3.8, 4) is 23.0 Å². The van der Waals surface area contributed by atoms with E-state index in [9.17, 15) is 9.59 Å². The van der Waals surface area contributed by atoms with Crippen LogP contribution in [-0.4, -0.2) is 46.8 Å². The third-order valence-corrected chi connectivity index (χ3v) is 7.41. The number of dihydropyridines is 1. The van der Waals surface area contributed by atoms with E-state index in [0.717, 1.165) is 24.1 Å². The predicted molar refractivity (Wildman–Crippen MR) is 148 cm³/mol. The normalized spacial score (nSPS) is 18.8. The molecule has 2 aromatic rings. The Morgan fingerprint density at radius 1 is 0.923 bits per heavy atom. The molecule has 0 bridgehead atoms. The van der Waals surface area contributed by atoms with Gasteiger partial charge in [-0.2, -0.15) is 0 Å². The van der Waals surface area contributed by atoms with Gasteiger partial charge in [0.15, 0.2) is 17.3 Å². The van der Waals surface area contributed by atoms with E-state index in [0.29, 0.717) is 64.9 Å². The monoisotopic (exact) mass is 535 g/mol. The van der Waals surface area contributed by atoms with Crippen molar-refractivity contribution in [2.24, 2.45) is 0 Å². The molecule has 2 aliphatic rings. The lowest BCUT2D eigenvalue weighted by Crippen LogP contribution is -2.36. The maximum atomic E-state index is 13.9. The first-order chi connectivity index (χ1) is 18.9. The molecule has 1 aliphatic carbocycles. The van der Waals surface area contributed by atoms with Gasteiger partial charge >= 0.3 is 5.97 Å². The maximum Gasteiger partial charge on any atom is 0.336 e. The van der Waals surface area contributed by atoms with Gasteiger partial charge in [-0.1, -0.05) is 25.5 Å². The van der Waals surface area contributed by atoms with Crippen LogP contribution in [0.3, 0.4) is 0 Å². The van der Waals surface area contributed by atoms with Crippen LogP contribution in [0, 0.1) is 0 Å². The van der Waals surface area contributed by atoms with Crippen LogP contribution in [0.2, 0.25) is 0 Å². The molecule has 2 aromatic carbocycles. The quantitative estimate of drug-likeness (QED) is 0.318. The minimum absolute atomic E-state index is 0.0298. The number of hydrogen-bond donors (Lipinski definition) is 1. The summed E-state index contributed by atoms with van der Waals surface area (Å²) in [5.41, 5.74) is 4.16. The van der Waals surface area contributed by atoms with Gasteiger partial charge in [-0.15, -0.1) is 0 Å². The first-order valence-electron chi connectivity index (χ1n) is 13.2. The molecule has 1 heterocycles. The van der Waals surface area contributed by atoms with Crippen LogP contribution in [0.25, 0.3) is 0 Å². The molecule has 208 valence electrons. The summed E-state index contributed by atoms with van der Waals surface area (Å²) in [5, 5.41) is 3.40. The van der Waals surface area contributed by atoms with Gasteiger partial charge in [0, 0.05) is 35.0 Å². The Morgan fingerprint density at radius 2 is 1.67 bits per heavy atom. The molecule has 0 saturated heterocycles. The molecule has 8 heteroatoms. The topological polar surface area (TPSA) is 92.3 Å². The largest absolute Gasteiger partial charge is 0.497 e. The summed E-state index contributed by atoms with van der Waals surface area (Å²) in [6, 6.07) is 11.2. The highest BCUT2D eigenvalue weighted by molar-refractivity contribution is 6.04. The fourth-order valence-corrected chi connectivity index (χ4v) is 5.41. The summed E-state index contributed by atoms with van der Waals surface area (Å²) >= 11 is 0. The van der Waals surface area contributed by atoms with Gasteiger partial charge in [0.2, 0.25) is 0 Å². The number of allylic oxidation sites excluding steroid dienone is 3. The van der Waals surface area contributed by atoms with Crippen molar-refractivity contribution < 1.29 is 33.3 Å². The summed E-state index contributed by atoms with van der Waals surface area (Å²) in [6.45, 7) is 4.21. The Labute approximate surface area is 229 Å². The van der Waals surface area contributed by atoms with Crippen molar-refractivity contribution in [2.45, 2.75) is 51.4 Å². The molecule has 0 fully saturated rings. The highest BCUT2D eigenvalue weighted by Crippen LogP contribution is 2.48. The smallest absolute Gasteiger partial charge is 0.336 e. The second-order valence-electron chi connectivity index (χ2n) is 9.73. The Kier molecular flexibility index (Phi) is 8.84. The van der Waals surface area contributed by atoms with Gasteiger partial charge < -0.3 is 29.0 Å². The number of carbonyl (C=O) groups is 2. The number of Topliss-reactive ketones (excluding diaryl/α,β-unsaturated/α-hetero) is 1. The molecule has 0 radical (unpaired) electrons. The van der Waals surface area contributed by atoms with Crippen LogP contribution in [0.4, 0.5) is 0 Å². The van der Waals surface area contributed by atoms with Crippen molar-refractivity contribution >= 4 is 11.8 Å². The number of benzene rings is 2. The van der Waals surface area contributed by atoms with E-state index in [4.69, 9.17) is 23.7 Å². The summed E-state index contributed by atoms with van der Waals surface area (Å²) in [6.07, 6.45) is 2.57.